The van der Waals surface area contributed by atoms with E-state index in [1.54, 1.807) is 0 Å². The Balaban J connectivity index is 2.33. The van der Waals surface area contributed by atoms with Crippen LogP contribution >= 0.6 is 0 Å². The zero-order valence-electron chi connectivity index (χ0n) is 10.5. The van der Waals surface area contributed by atoms with Gasteiger partial charge in [0.1, 0.15) is 5.82 Å². The molecule has 0 fully saturated rings. The second-order valence-electron chi connectivity index (χ2n) is 4.00. The molecule has 0 saturated heterocycles. The molecule has 10 heteroatoms. The molecular formula is C11H8F3N5O2. The largest absolute Gasteiger partial charge is 0.354 e. The summed E-state index contributed by atoms with van der Waals surface area (Å²) in [5.41, 5.74) is -1.12. The zero-order valence-corrected chi connectivity index (χ0v) is 10.5. The van der Waals surface area contributed by atoms with Gasteiger partial charge in [0.05, 0.1) is 29.6 Å². The van der Waals surface area contributed by atoms with Crippen molar-refractivity contribution in [2.75, 3.05) is 5.32 Å². The summed E-state index contributed by atoms with van der Waals surface area (Å²) in [7, 11) is 0. The van der Waals surface area contributed by atoms with Gasteiger partial charge in [-0.25, -0.2) is 23.7 Å². The van der Waals surface area contributed by atoms with Crippen LogP contribution in [0.5, 0.6) is 0 Å². The topological polar surface area (TPSA) is 93.8 Å². The molecule has 0 saturated carbocycles. The predicted molar refractivity (Wildman–Crippen MR) is 64.8 cm³/mol. The highest BCUT2D eigenvalue weighted by atomic mass is 19.2. The van der Waals surface area contributed by atoms with Gasteiger partial charge in [-0.1, -0.05) is 0 Å². The normalized spacial score (nSPS) is 12.0. The molecule has 2 aromatic heterocycles. The van der Waals surface area contributed by atoms with Crippen molar-refractivity contribution in [2.45, 2.75) is 13.0 Å². The lowest BCUT2D eigenvalue weighted by molar-refractivity contribution is -0.387. The highest BCUT2D eigenvalue weighted by Gasteiger charge is 2.27. The van der Waals surface area contributed by atoms with E-state index >= 15 is 0 Å². The van der Waals surface area contributed by atoms with E-state index in [4.69, 9.17) is 0 Å². The third-order valence-electron chi connectivity index (χ3n) is 2.51. The average Bonchev–Trinajstić information content (AvgIpc) is 2.43. The van der Waals surface area contributed by atoms with Gasteiger partial charge >= 0.3 is 5.69 Å². The second-order valence-corrected chi connectivity index (χ2v) is 4.00. The number of nitrogens with one attached hydrogen (secondary N) is 1. The highest BCUT2D eigenvalue weighted by Crippen LogP contribution is 2.29. The van der Waals surface area contributed by atoms with Crippen LogP contribution in [0.1, 0.15) is 18.8 Å². The van der Waals surface area contributed by atoms with Crippen molar-refractivity contribution in [1.82, 2.24) is 15.0 Å². The van der Waals surface area contributed by atoms with Crippen molar-refractivity contribution in [3.05, 3.63) is 52.0 Å². The SMILES string of the molecule is C[C@H](Nc1ncc(F)c(F)c1[N+](=O)[O-])c1ncc(F)cn1. The summed E-state index contributed by atoms with van der Waals surface area (Å²) in [6.45, 7) is 1.50. The van der Waals surface area contributed by atoms with Crippen molar-refractivity contribution in [1.29, 1.82) is 0 Å². The first kappa shape index (κ1) is 14.6. The molecule has 7 nitrogen and oxygen atoms in total. The highest BCUT2D eigenvalue weighted by molar-refractivity contribution is 5.57. The molecular weight excluding hydrogens is 291 g/mol. The maximum Gasteiger partial charge on any atom is 0.349 e. The number of hydrogen-bond donors (Lipinski definition) is 1. The molecule has 1 N–H and O–H groups in total. The fraction of sp³-hybridized carbons (Fsp3) is 0.182. The molecule has 1 atom stereocenters. The summed E-state index contributed by atoms with van der Waals surface area (Å²) in [6, 6.07) is -0.735. The predicted octanol–water partition coefficient (Wildman–Crippen LogP) is 2.37. The number of halogens is 3. The number of nitro groups is 1. The van der Waals surface area contributed by atoms with Gasteiger partial charge in [-0.15, -0.1) is 0 Å². The van der Waals surface area contributed by atoms with E-state index in [1.165, 1.54) is 6.92 Å². The second kappa shape index (κ2) is 5.69. The van der Waals surface area contributed by atoms with Crippen LogP contribution in [0.4, 0.5) is 24.7 Å². The van der Waals surface area contributed by atoms with Crippen LogP contribution < -0.4 is 5.32 Å². The van der Waals surface area contributed by atoms with Gasteiger partial charge in [-0.2, -0.15) is 4.39 Å². The van der Waals surface area contributed by atoms with Crippen LogP contribution in [-0.4, -0.2) is 19.9 Å². The van der Waals surface area contributed by atoms with Crippen LogP contribution in [0.3, 0.4) is 0 Å². The standard InChI is InChI=1S/C11H8F3N5O2/c1-5(10-15-2-6(12)3-16-10)18-11-9(19(20)21)8(14)7(13)4-17-11/h2-5H,1H3,(H,17,18)/t5-/m0/s1. The Morgan fingerprint density at radius 2 is 1.81 bits per heavy atom. The van der Waals surface area contributed by atoms with Crippen molar-refractivity contribution in [2.24, 2.45) is 0 Å². The van der Waals surface area contributed by atoms with Crippen molar-refractivity contribution < 1.29 is 18.1 Å². The van der Waals surface area contributed by atoms with Crippen LogP contribution in [0.2, 0.25) is 0 Å². The zero-order chi connectivity index (χ0) is 15.6. The lowest BCUT2D eigenvalue weighted by Gasteiger charge is -2.13. The van der Waals surface area contributed by atoms with Crippen molar-refractivity contribution in [3.63, 3.8) is 0 Å². The van der Waals surface area contributed by atoms with E-state index in [0.717, 1.165) is 12.4 Å². The fourth-order valence-electron chi connectivity index (χ4n) is 1.54. The van der Waals surface area contributed by atoms with Crippen LogP contribution in [0.25, 0.3) is 0 Å². The molecule has 0 unspecified atom stereocenters. The molecule has 0 aromatic carbocycles. The molecule has 2 rings (SSSR count). The fourth-order valence-corrected chi connectivity index (χ4v) is 1.54. The Labute approximate surface area is 116 Å². The first-order valence-corrected chi connectivity index (χ1v) is 5.62. The van der Waals surface area contributed by atoms with E-state index < -0.39 is 39.9 Å². The first-order valence-electron chi connectivity index (χ1n) is 5.62. The summed E-state index contributed by atoms with van der Waals surface area (Å²) < 4.78 is 39.1. The minimum Gasteiger partial charge on any atom is -0.354 e. The summed E-state index contributed by atoms with van der Waals surface area (Å²) in [5, 5.41) is 13.3. The van der Waals surface area contributed by atoms with Gasteiger partial charge in [0, 0.05) is 0 Å². The molecule has 2 heterocycles. The number of rotatable bonds is 4. The molecule has 0 aliphatic heterocycles. The summed E-state index contributed by atoms with van der Waals surface area (Å²) >= 11 is 0. The first-order chi connectivity index (χ1) is 9.90. The average molecular weight is 299 g/mol. The molecule has 0 aliphatic carbocycles. The van der Waals surface area contributed by atoms with Crippen molar-refractivity contribution in [3.8, 4) is 0 Å². The smallest absolute Gasteiger partial charge is 0.349 e. The third kappa shape index (κ3) is 3.04. The Hall–Kier alpha value is -2.78. The maximum absolute atomic E-state index is 13.4. The van der Waals surface area contributed by atoms with Crippen LogP contribution in [0.15, 0.2) is 18.6 Å². The molecule has 110 valence electrons. The van der Waals surface area contributed by atoms with Gasteiger partial charge in [0.2, 0.25) is 11.6 Å². The van der Waals surface area contributed by atoms with Gasteiger partial charge in [-0.3, -0.25) is 10.1 Å². The summed E-state index contributed by atoms with van der Waals surface area (Å²) in [4.78, 5) is 20.5. The maximum atomic E-state index is 13.4. The Morgan fingerprint density at radius 1 is 1.19 bits per heavy atom. The lowest BCUT2D eigenvalue weighted by atomic mass is 10.3. The lowest BCUT2D eigenvalue weighted by Crippen LogP contribution is -2.14. The van der Waals surface area contributed by atoms with Gasteiger partial charge in [0.25, 0.3) is 0 Å². The quantitative estimate of drug-likeness (QED) is 0.688. The van der Waals surface area contributed by atoms with E-state index in [-0.39, 0.29) is 5.82 Å². The van der Waals surface area contributed by atoms with E-state index in [9.17, 15) is 23.3 Å². The van der Waals surface area contributed by atoms with Crippen LogP contribution in [0, 0.1) is 27.6 Å². The minimum absolute atomic E-state index is 0.109. The number of aromatic nitrogens is 3. The Bertz CT molecular complexity index is 680. The molecule has 0 amide bonds. The molecule has 0 aliphatic rings. The monoisotopic (exact) mass is 299 g/mol. The molecule has 0 radical (unpaired) electrons. The molecule has 2 aromatic rings. The molecule has 0 spiro atoms. The minimum atomic E-state index is -1.62. The Kier molecular flexibility index (Phi) is 3.96. The number of anilines is 1. The van der Waals surface area contributed by atoms with E-state index in [0.29, 0.717) is 6.20 Å². The number of hydrogen-bond acceptors (Lipinski definition) is 6. The van der Waals surface area contributed by atoms with Gasteiger partial charge < -0.3 is 5.32 Å². The summed E-state index contributed by atoms with van der Waals surface area (Å²) in [6.07, 6.45) is 2.34. The number of nitrogens with zero attached hydrogens (tertiary/aromatic N) is 4. The molecule has 0 bridgehead atoms. The van der Waals surface area contributed by atoms with Crippen molar-refractivity contribution >= 4 is 11.5 Å². The van der Waals surface area contributed by atoms with Crippen LogP contribution in [-0.2, 0) is 0 Å². The van der Waals surface area contributed by atoms with E-state index in [2.05, 4.69) is 20.3 Å². The number of pyridine rings is 1. The third-order valence-corrected chi connectivity index (χ3v) is 2.51. The Morgan fingerprint density at radius 3 is 2.38 bits per heavy atom. The summed E-state index contributed by atoms with van der Waals surface area (Å²) in [5.74, 6) is -4.07. The van der Waals surface area contributed by atoms with Gasteiger partial charge in [-0.05, 0) is 6.92 Å². The van der Waals surface area contributed by atoms with Gasteiger partial charge in [0.15, 0.2) is 11.6 Å². The van der Waals surface area contributed by atoms with E-state index in [1.807, 2.05) is 0 Å². The molecule has 21 heavy (non-hydrogen) atoms.